The number of piperidine rings is 1. The predicted molar refractivity (Wildman–Crippen MR) is 71.3 cm³/mol. The largest absolute Gasteiger partial charge is 0.381 e. The Bertz CT molecular complexity index is 210. The third-order valence-electron chi connectivity index (χ3n) is 4.50. The molecule has 0 saturated carbocycles. The molecule has 0 aromatic carbocycles. The molecule has 0 spiro atoms. The average molecular weight is 240 g/mol. The van der Waals surface area contributed by atoms with Crippen LogP contribution in [-0.2, 0) is 4.74 Å². The SMILES string of the molecule is CC(CC1CCCCN1)N(C)C1CCOCC1. The van der Waals surface area contributed by atoms with Crippen LogP contribution in [0.2, 0.25) is 0 Å². The molecule has 2 rings (SSSR count). The quantitative estimate of drug-likeness (QED) is 0.813. The number of ether oxygens (including phenoxy) is 1. The smallest absolute Gasteiger partial charge is 0.0480 e. The van der Waals surface area contributed by atoms with Gasteiger partial charge in [-0.3, -0.25) is 0 Å². The van der Waals surface area contributed by atoms with Gasteiger partial charge in [0.25, 0.3) is 0 Å². The first-order chi connectivity index (χ1) is 8.27. The zero-order chi connectivity index (χ0) is 12.1. The van der Waals surface area contributed by atoms with Crippen LogP contribution in [0.1, 0.15) is 45.4 Å². The van der Waals surface area contributed by atoms with Gasteiger partial charge in [0, 0.05) is 31.3 Å². The molecule has 0 aromatic rings. The van der Waals surface area contributed by atoms with Gasteiger partial charge >= 0.3 is 0 Å². The highest BCUT2D eigenvalue weighted by molar-refractivity contribution is 4.81. The Morgan fingerprint density at radius 3 is 2.65 bits per heavy atom. The van der Waals surface area contributed by atoms with E-state index in [2.05, 4.69) is 24.2 Å². The summed E-state index contributed by atoms with van der Waals surface area (Å²) >= 11 is 0. The fourth-order valence-corrected chi connectivity index (χ4v) is 3.16. The molecular formula is C14H28N2O. The van der Waals surface area contributed by atoms with Crippen molar-refractivity contribution in [2.75, 3.05) is 26.8 Å². The molecule has 3 heteroatoms. The molecular weight excluding hydrogens is 212 g/mol. The summed E-state index contributed by atoms with van der Waals surface area (Å²) in [5.41, 5.74) is 0. The van der Waals surface area contributed by atoms with E-state index in [1.54, 1.807) is 0 Å². The van der Waals surface area contributed by atoms with E-state index >= 15 is 0 Å². The topological polar surface area (TPSA) is 24.5 Å². The average Bonchev–Trinajstić information content (AvgIpc) is 2.40. The van der Waals surface area contributed by atoms with Crippen molar-refractivity contribution in [2.24, 2.45) is 0 Å². The van der Waals surface area contributed by atoms with Crippen LogP contribution in [-0.4, -0.2) is 49.8 Å². The molecule has 3 nitrogen and oxygen atoms in total. The van der Waals surface area contributed by atoms with E-state index < -0.39 is 0 Å². The summed E-state index contributed by atoms with van der Waals surface area (Å²) in [6.07, 6.45) is 7.85. The van der Waals surface area contributed by atoms with E-state index in [4.69, 9.17) is 4.74 Å². The molecule has 0 aliphatic carbocycles. The van der Waals surface area contributed by atoms with Crippen molar-refractivity contribution >= 4 is 0 Å². The molecule has 2 saturated heterocycles. The van der Waals surface area contributed by atoms with Crippen molar-refractivity contribution in [1.29, 1.82) is 0 Å². The third kappa shape index (κ3) is 3.94. The van der Waals surface area contributed by atoms with Gasteiger partial charge in [-0.05, 0) is 52.6 Å². The van der Waals surface area contributed by atoms with Gasteiger partial charge in [0.2, 0.25) is 0 Å². The lowest BCUT2D eigenvalue weighted by Crippen LogP contribution is -2.45. The van der Waals surface area contributed by atoms with Crippen molar-refractivity contribution < 1.29 is 4.74 Å². The molecule has 0 amide bonds. The van der Waals surface area contributed by atoms with E-state index in [-0.39, 0.29) is 0 Å². The first kappa shape index (κ1) is 13.3. The second-order valence-corrected chi connectivity index (χ2v) is 5.74. The molecule has 100 valence electrons. The highest BCUT2D eigenvalue weighted by Crippen LogP contribution is 2.19. The lowest BCUT2D eigenvalue weighted by molar-refractivity contribution is 0.0279. The van der Waals surface area contributed by atoms with Gasteiger partial charge in [0.1, 0.15) is 0 Å². The van der Waals surface area contributed by atoms with Crippen LogP contribution in [0.4, 0.5) is 0 Å². The molecule has 2 heterocycles. The maximum absolute atomic E-state index is 5.44. The Balaban J connectivity index is 1.75. The Morgan fingerprint density at radius 1 is 1.24 bits per heavy atom. The molecule has 17 heavy (non-hydrogen) atoms. The number of nitrogens with one attached hydrogen (secondary N) is 1. The molecule has 0 bridgehead atoms. The fraction of sp³-hybridized carbons (Fsp3) is 1.00. The highest BCUT2D eigenvalue weighted by Gasteiger charge is 2.24. The maximum atomic E-state index is 5.44. The lowest BCUT2D eigenvalue weighted by atomic mass is 9.96. The minimum Gasteiger partial charge on any atom is -0.381 e. The van der Waals surface area contributed by atoms with Crippen molar-refractivity contribution in [2.45, 2.75) is 63.6 Å². The summed E-state index contributed by atoms with van der Waals surface area (Å²) in [6.45, 7) is 5.50. The van der Waals surface area contributed by atoms with Crippen LogP contribution in [0.3, 0.4) is 0 Å². The van der Waals surface area contributed by atoms with Gasteiger partial charge in [-0.25, -0.2) is 0 Å². The maximum Gasteiger partial charge on any atom is 0.0480 e. The Morgan fingerprint density at radius 2 is 2.00 bits per heavy atom. The van der Waals surface area contributed by atoms with Gasteiger partial charge < -0.3 is 15.0 Å². The first-order valence-corrected chi connectivity index (χ1v) is 7.30. The minimum atomic E-state index is 0.689. The van der Waals surface area contributed by atoms with Crippen molar-refractivity contribution in [3.05, 3.63) is 0 Å². The zero-order valence-corrected chi connectivity index (χ0v) is 11.5. The van der Waals surface area contributed by atoms with E-state index in [0.29, 0.717) is 6.04 Å². The minimum absolute atomic E-state index is 0.689. The molecule has 0 aromatic heterocycles. The van der Waals surface area contributed by atoms with Crippen LogP contribution in [0.25, 0.3) is 0 Å². The van der Waals surface area contributed by atoms with Crippen LogP contribution in [0, 0.1) is 0 Å². The van der Waals surface area contributed by atoms with E-state index in [9.17, 15) is 0 Å². The second kappa shape index (κ2) is 6.72. The van der Waals surface area contributed by atoms with Crippen LogP contribution in [0.5, 0.6) is 0 Å². The number of hydrogen-bond donors (Lipinski definition) is 1. The van der Waals surface area contributed by atoms with Crippen LogP contribution < -0.4 is 5.32 Å². The van der Waals surface area contributed by atoms with Crippen LogP contribution >= 0.6 is 0 Å². The molecule has 2 unspecified atom stereocenters. The summed E-state index contributed by atoms with van der Waals surface area (Å²) in [7, 11) is 2.30. The zero-order valence-electron chi connectivity index (χ0n) is 11.5. The standard InChI is InChI=1S/C14H28N2O/c1-12(11-13-5-3-4-8-15-13)16(2)14-6-9-17-10-7-14/h12-15H,3-11H2,1-2H3. The van der Waals surface area contributed by atoms with Gasteiger partial charge in [0.05, 0.1) is 0 Å². The van der Waals surface area contributed by atoms with Gasteiger partial charge in [-0.1, -0.05) is 6.42 Å². The Hall–Kier alpha value is -0.120. The number of nitrogens with zero attached hydrogens (tertiary/aromatic N) is 1. The monoisotopic (exact) mass is 240 g/mol. The van der Waals surface area contributed by atoms with Crippen molar-refractivity contribution in [3.63, 3.8) is 0 Å². The van der Waals surface area contributed by atoms with Crippen LogP contribution in [0.15, 0.2) is 0 Å². The molecule has 2 aliphatic heterocycles. The Labute approximate surface area is 106 Å². The molecule has 0 radical (unpaired) electrons. The summed E-state index contributed by atoms with van der Waals surface area (Å²) in [4.78, 5) is 2.58. The van der Waals surface area contributed by atoms with E-state index in [0.717, 1.165) is 25.3 Å². The number of hydrogen-bond acceptors (Lipinski definition) is 3. The summed E-state index contributed by atoms with van der Waals surface area (Å²) in [6, 6.07) is 2.18. The third-order valence-corrected chi connectivity index (χ3v) is 4.50. The summed E-state index contributed by atoms with van der Waals surface area (Å²) in [5.74, 6) is 0. The van der Waals surface area contributed by atoms with Gasteiger partial charge in [0.15, 0.2) is 0 Å². The van der Waals surface area contributed by atoms with Crippen molar-refractivity contribution in [1.82, 2.24) is 10.2 Å². The lowest BCUT2D eigenvalue weighted by Gasteiger charge is -2.37. The highest BCUT2D eigenvalue weighted by atomic mass is 16.5. The van der Waals surface area contributed by atoms with E-state index in [1.165, 1.54) is 45.1 Å². The normalized spacial score (nSPS) is 29.5. The van der Waals surface area contributed by atoms with Crippen molar-refractivity contribution in [3.8, 4) is 0 Å². The predicted octanol–water partition coefficient (Wildman–Crippen LogP) is 2.02. The van der Waals surface area contributed by atoms with Gasteiger partial charge in [-0.2, -0.15) is 0 Å². The van der Waals surface area contributed by atoms with E-state index in [1.807, 2.05) is 0 Å². The molecule has 2 aliphatic rings. The molecule has 1 N–H and O–H groups in total. The van der Waals surface area contributed by atoms with Gasteiger partial charge in [-0.15, -0.1) is 0 Å². The summed E-state index contributed by atoms with van der Waals surface area (Å²) in [5, 5.41) is 3.66. The summed E-state index contributed by atoms with van der Waals surface area (Å²) < 4.78 is 5.44. The second-order valence-electron chi connectivity index (χ2n) is 5.74. The molecule has 2 fully saturated rings. The first-order valence-electron chi connectivity index (χ1n) is 7.30. The number of rotatable bonds is 4. The Kier molecular flexibility index (Phi) is 5.26. The molecule has 2 atom stereocenters. The fourth-order valence-electron chi connectivity index (χ4n) is 3.16.